The topological polar surface area (TPSA) is 92.0 Å². The Kier molecular flexibility index (Phi) is 6.05. The number of sulfonamides is 1. The highest BCUT2D eigenvalue weighted by Crippen LogP contribution is 2.38. The molecule has 1 N–H and O–H groups in total. The first kappa shape index (κ1) is 23.4. The first-order valence-corrected chi connectivity index (χ1v) is 12.8. The lowest BCUT2D eigenvalue weighted by Crippen LogP contribution is -2.56. The van der Waals surface area contributed by atoms with Crippen LogP contribution in [0.2, 0.25) is 0 Å². The van der Waals surface area contributed by atoms with Crippen LogP contribution in [0.1, 0.15) is 43.5 Å². The smallest absolute Gasteiger partial charge is 0.255 e. The number of nitrogens with one attached hydrogen (secondary N) is 1. The zero-order valence-corrected chi connectivity index (χ0v) is 20.0. The van der Waals surface area contributed by atoms with Gasteiger partial charge in [-0.25, -0.2) is 17.8 Å². The van der Waals surface area contributed by atoms with E-state index in [0.717, 1.165) is 18.4 Å². The van der Waals surface area contributed by atoms with Gasteiger partial charge in [0.2, 0.25) is 15.6 Å². The van der Waals surface area contributed by atoms with E-state index in [4.69, 9.17) is 9.41 Å². The quantitative estimate of drug-likeness (QED) is 0.694. The molecule has 0 bridgehead atoms. The van der Waals surface area contributed by atoms with Crippen molar-refractivity contribution >= 4 is 22.0 Å². The van der Waals surface area contributed by atoms with Gasteiger partial charge in [-0.05, 0) is 57.4 Å². The molecule has 0 saturated heterocycles. The van der Waals surface area contributed by atoms with E-state index in [1.165, 1.54) is 41.9 Å². The Morgan fingerprint density at radius 3 is 2.61 bits per heavy atom. The van der Waals surface area contributed by atoms with E-state index in [2.05, 4.69) is 11.4 Å². The molecule has 0 aliphatic carbocycles. The average molecular weight is 474 g/mol. The molecule has 0 radical (unpaired) electrons. The molecule has 7 nitrogen and oxygen atoms in total. The Morgan fingerprint density at radius 1 is 1.27 bits per heavy atom. The summed E-state index contributed by atoms with van der Waals surface area (Å²) in [6, 6.07) is 5.66. The minimum absolute atomic E-state index is 0.187. The number of furan rings is 1. The van der Waals surface area contributed by atoms with E-state index in [1.54, 1.807) is 6.92 Å². The molecule has 1 amide bonds. The summed E-state index contributed by atoms with van der Waals surface area (Å²) in [5.74, 6) is -0.889. The third-order valence-corrected chi connectivity index (χ3v) is 7.77. The third-order valence-electron chi connectivity index (χ3n) is 6.41. The van der Waals surface area contributed by atoms with Crippen molar-refractivity contribution in [3.63, 3.8) is 0 Å². The molecule has 2 atom stereocenters. The van der Waals surface area contributed by atoms with Gasteiger partial charge in [0, 0.05) is 25.1 Å². The van der Waals surface area contributed by atoms with Gasteiger partial charge in [0.05, 0.1) is 17.0 Å². The SMILES string of the molecule is CNC(=O)c1c(-c2ccc(F)cc2)oc2c1=CC1/C(C)=C/CCCCN(S(C)(=O)=O)C1(C)N=2. The predicted molar refractivity (Wildman–Crippen MR) is 124 cm³/mol. The summed E-state index contributed by atoms with van der Waals surface area (Å²) in [6.45, 7) is 4.10. The Bertz CT molecular complexity index is 1350. The van der Waals surface area contributed by atoms with E-state index in [0.29, 0.717) is 29.3 Å². The van der Waals surface area contributed by atoms with Gasteiger partial charge in [-0.3, -0.25) is 4.79 Å². The van der Waals surface area contributed by atoms with Gasteiger partial charge in [0.15, 0.2) is 0 Å². The lowest BCUT2D eigenvalue weighted by Gasteiger charge is -2.42. The second-order valence-corrected chi connectivity index (χ2v) is 10.6. The monoisotopic (exact) mass is 473 g/mol. The number of fused-ring (bicyclic) bond motifs is 2. The van der Waals surface area contributed by atoms with Gasteiger partial charge in [0.25, 0.3) is 5.91 Å². The Labute approximate surface area is 192 Å². The molecule has 3 heterocycles. The zero-order valence-electron chi connectivity index (χ0n) is 19.2. The van der Waals surface area contributed by atoms with Crippen LogP contribution >= 0.6 is 0 Å². The normalized spacial score (nSPS) is 25.1. The second-order valence-electron chi connectivity index (χ2n) is 8.74. The van der Waals surface area contributed by atoms with Crippen LogP contribution in [0.15, 0.2) is 45.3 Å². The highest BCUT2D eigenvalue weighted by atomic mass is 32.2. The third kappa shape index (κ3) is 4.15. The number of amides is 1. The van der Waals surface area contributed by atoms with Gasteiger partial charge >= 0.3 is 0 Å². The van der Waals surface area contributed by atoms with Crippen LogP contribution in [-0.4, -0.2) is 44.1 Å². The lowest BCUT2D eigenvalue weighted by atomic mass is 9.84. The lowest BCUT2D eigenvalue weighted by molar-refractivity contribution is 0.0962. The summed E-state index contributed by atoms with van der Waals surface area (Å²) in [6.07, 6.45) is 7.62. The van der Waals surface area contributed by atoms with Crippen LogP contribution in [0, 0.1) is 11.7 Å². The minimum Gasteiger partial charge on any atom is -0.437 e. The van der Waals surface area contributed by atoms with Crippen LogP contribution in [0.5, 0.6) is 0 Å². The molecule has 1 aromatic heterocycles. The molecule has 2 aliphatic heterocycles. The van der Waals surface area contributed by atoms with Gasteiger partial charge in [-0.2, -0.15) is 4.31 Å². The van der Waals surface area contributed by atoms with Crippen LogP contribution in [0.25, 0.3) is 17.4 Å². The van der Waals surface area contributed by atoms with Gasteiger partial charge in [-0.1, -0.05) is 17.7 Å². The fourth-order valence-corrected chi connectivity index (χ4v) is 6.07. The molecule has 176 valence electrons. The number of carbonyl (C=O) groups is 1. The standard InChI is InChI=1S/C24H28FN3O4S/c1-15-8-6-5-7-13-28(33(4,30)31)24(2)19(15)14-18-20(22(29)26-3)21(32-23(18)27-24)16-9-11-17(25)12-10-16/h8-12,14,19H,5-7,13H2,1-4H3,(H,26,29)/b15-8+. The summed E-state index contributed by atoms with van der Waals surface area (Å²) >= 11 is 0. The van der Waals surface area contributed by atoms with Crippen LogP contribution in [0.3, 0.4) is 0 Å². The minimum atomic E-state index is -3.59. The molecule has 2 aromatic rings. The van der Waals surface area contributed by atoms with Crippen molar-refractivity contribution in [2.24, 2.45) is 10.9 Å². The fraction of sp³-hybridized carbons (Fsp3) is 0.417. The predicted octanol–water partition coefficient (Wildman–Crippen LogP) is 2.58. The van der Waals surface area contributed by atoms with Crippen molar-refractivity contribution in [3.8, 4) is 11.3 Å². The molecule has 1 aromatic carbocycles. The maximum absolute atomic E-state index is 13.5. The molecule has 4 rings (SSSR count). The van der Waals surface area contributed by atoms with Gasteiger partial charge < -0.3 is 9.73 Å². The number of benzene rings is 1. The first-order chi connectivity index (χ1) is 15.6. The Morgan fingerprint density at radius 2 is 1.97 bits per heavy atom. The number of rotatable bonds is 3. The van der Waals surface area contributed by atoms with Crippen LogP contribution < -0.4 is 16.1 Å². The van der Waals surface area contributed by atoms with Crippen molar-refractivity contribution in [2.45, 2.75) is 38.8 Å². The second kappa shape index (κ2) is 8.53. The highest BCUT2D eigenvalue weighted by Gasteiger charge is 2.46. The molecule has 0 fully saturated rings. The molecular formula is C24H28FN3O4S. The number of hydrogen-bond donors (Lipinski definition) is 1. The number of nitrogens with zero attached hydrogens (tertiary/aromatic N) is 2. The van der Waals surface area contributed by atoms with E-state index in [1.807, 2.05) is 13.0 Å². The summed E-state index contributed by atoms with van der Waals surface area (Å²) < 4.78 is 46.7. The van der Waals surface area contributed by atoms with E-state index < -0.39 is 21.5 Å². The van der Waals surface area contributed by atoms with Crippen LogP contribution in [0.4, 0.5) is 4.39 Å². The Balaban J connectivity index is 2.05. The van der Waals surface area contributed by atoms with Crippen molar-refractivity contribution in [2.75, 3.05) is 19.8 Å². The Hall–Kier alpha value is -2.78. The number of allylic oxidation sites excluding steroid dienone is 1. The van der Waals surface area contributed by atoms with E-state index >= 15 is 0 Å². The molecule has 33 heavy (non-hydrogen) atoms. The molecule has 0 spiro atoms. The summed E-state index contributed by atoms with van der Waals surface area (Å²) in [7, 11) is -2.06. The largest absolute Gasteiger partial charge is 0.437 e. The van der Waals surface area contributed by atoms with E-state index in [-0.39, 0.29) is 23.1 Å². The maximum Gasteiger partial charge on any atom is 0.255 e. The average Bonchev–Trinajstić information content (AvgIpc) is 3.13. The fourth-order valence-electron chi connectivity index (χ4n) is 4.78. The van der Waals surface area contributed by atoms with Crippen molar-refractivity contribution in [1.29, 1.82) is 0 Å². The summed E-state index contributed by atoms with van der Waals surface area (Å²) in [4.78, 5) is 17.7. The van der Waals surface area contributed by atoms with Crippen LogP contribution in [-0.2, 0) is 10.0 Å². The molecule has 2 aliphatic rings. The van der Waals surface area contributed by atoms with Crippen molar-refractivity contribution in [1.82, 2.24) is 9.62 Å². The molecule has 0 saturated carbocycles. The highest BCUT2D eigenvalue weighted by molar-refractivity contribution is 7.88. The summed E-state index contributed by atoms with van der Waals surface area (Å²) in [5.41, 5.74) is 0.842. The zero-order chi connectivity index (χ0) is 24.0. The van der Waals surface area contributed by atoms with E-state index in [9.17, 15) is 17.6 Å². The number of halogens is 1. The molecular weight excluding hydrogens is 445 g/mol. The first-order valence-electron chi connectivity index (χ1n) is 10.9. The van der Waals surface area contributed by atoms with Gasteiger partial charge in [-0.15, -0.1) is 0 Å². The molecule has 9 heteroatoms. The van der Waals surface area contributed by atoms with Crippen molar-refractivity contribution in [3.05, 3.63) is 58.1 Å². The van der Waals surface area contributed by atoms with Gasteiger partial charge in [0.1, 0.15) is 17.2 Å². The number of carbonyl (C=O) groups excluding carboxylic acids is 1. The van der Waals surface area contributed by atoms with Crippen molar-refractivity contribution < 1.29 is 22.0 Å². The summed E-state index contributed by atoms with van der Waals surface area (Å²) in [5, 5.41) is 3.15. The number of hydrogen-bond acceptors (Lipinski definition) is 5. The maximum atomic E-state index is 13.5. The molecule has 2 unspecified atom stereocenters.